The first-order valence-electron chi connectivity index (χ1n) is 11.5. The molecule has 8 rings (SSSR count). The summed E-state index contributed by atoms with van der Waals surface area (Å²) in [6, 6.07) is 19.4. The van der Waals surface area contributed by atoms with Crippen LogP contribution in [0.4, 0.5) is 0 Å². The molecule has 0 amide bonds. The summed E-state index contributed by atoms with van der Waals surface area (Å²) in [5.74, 6) is 0. The molecule has 0 saturated heterocycles. The minimum Gasteiger partial charge on any atom is -0.139 e. The van der Waals surface area contributed by atoms with Crippen LogP contribution in [0.1, 0.15) is 19.5 Å². The summed E-state index contributed by atoms with van der Waals surface area (Å²) >= 11 is 7.76. The van der Waals surface area contributed by atoms with Gasteiger partial charge in [-0.15, -0.1) is 45.3 Å². The van der Waals surface area contributed by atoms with Gasteiger partial charge in [0.2, 0.25) is 0 Å². The summed E-state index contributed by atoms with van der Waals surface area (Å²) in [5, 5.41) is 13.9. The van der Waals surface area contributed by atoms with Crippen molar-refractivity contribution in [2.45, 2.75) is 27.7 Å². The fourth-order valence-corrected chi connectivity index (χ4v) is 10.2. The molecule has 4 aromatic carbocycles. The van der Waals surface area contributed by atoms with Crippen molar-refractivity contribution in [1.82, 2.24) is 0 Å². The van der Waals surface area contributed by atoms with E-state index in [0.717, 1.165) is 0 Å². The lowest BCUT2D eigenvalue weighted by molar-refractivity contribution is 1.66. The normalized spacial score (nSPS) is 12.7. The first-order valence-corrected chi connectivity index (χ1v) is 14.8. The Morgan fingerprint density at radius 1 is 0.324 bits per heavy atom. The molecule has 34 heavy (non-hydrogen) atoms. The number of aryl methyl sites for hydroxylation is 4. The lowest BCUT2D eigenvalue weighted by Gasteiger charge is -2.10. The van der Waals surface area contributed by atoms with E-state index < -0.39 is 0 Å². The average Bonchev–Trinajstić information content (AvgIpc) is 3.56. The number of hydrogen-bond acceptors (Lipinski definition) is 4. The third-order valence-corrected chi connectivity index (χ3v) is 11.6. The van der Waals surface area contributed by atoms with Gasteiger partial charge in [-0.05, 0) is 109 Å². The highest BCUT2D eigenvalue weighted by molar-refractivity contribution is 7.28. The third-order valence-electron chi connectivity index (χ3n) is 7.11. The molecule has 164 valence electrons. The molecule has 0 atom stereocenters. The van der Waals surface area contributed by atoms with E-state index in [1.807, 2.05) is 45.3 Å². The Labute approximate surface area is 212 Å². The van der Waals surface area contributed by atoms with Crippen LogP contribution >= 0.6 is 45.3 Å². The van der Waals surface area contributed by atoms with Crippen LogP contribution in [0.2, 0.25) is 0 Å². The van der Waals surface area contributed by atoms with Crippen LogP contribution in [0.3, 0.4) is 0 Å². The monoisotopic (exact) mass is 508 g/mol. The predicted octanol–water partition coefficient (Wildman–Crippen LogP) is 11.2. The van der Waals surface area contributed by atoms with Gasteiger partial charge in [-0.3, -0.25) is 0 Å². The van der Waals surface area contributed by atoms with Crippen molar-refractivity contribution < 1.29 is 0 Å². The number of fused-ring (bicyclic) bond motifs is 13. The van der Waals surface area contributed by atoms with E-state index in [1.165, 1.54) is 92.2 Å². The first-order chi connectivity index (χ1) is 16.4. The van der Waals surface area contributed by atoms with Crippen molar-refractivity contribution in [2.24, 2.45) is 0 Å². The van der Waals surface area contributed by atoms with Gasteiger partial charge in [-0.25, -0.2) is 0 Å². The minimum atomic E-state index is 1.34. The molecular formula is C30H20S4. The standard InChI is InChI=1S/C30H20S4/c1-13-5-23-19-9-17-11-21-22(26-8-16(4)34-30(26)29-25(21)7-15(3)33-29)12-18(17)10-20(19)24-6-14(2)32-28(24)27(23)31-13/h5-12H,1-4H3. The molecule has 0 saturated carbocycles. The maximum absolute atomic E-state index is 2.46. The van der Waals surface area contributed by atoms with Crippen molar-refractivity contribution in [2.75, 3.05) is 0 Å². The number of rotatable bonds is 0. The van der Waals surface area contributed by atoms with Gasteiger partial charge in [0.15, 0.2) is 0 Å². The van der Waals surface area contributed by atoms with E-state index in [9.17, 15) is 0 Å². The second-order valence-electron chi connectivity index (χ2n) is 9.54. The first kappa shape index (κ1) is 19.8. The Morgan fingerprint density at radius 3 is 0.794 bits per heavy atom. The lowest BCUT2D eigenvalue weighted by atomic mass is 9.94. The molecule has 0 radical (unpaired) electrons. The van der Waals surface area contributed by atoms with Gasteiger partial charge in [-0.1, -0.05) is 0 Å². The van der Waals surface area contributed by atoms with Gasteiger partial charge in [0.05, 0.1) is 18.8 Å². The van der Waals surface area contributed by atoms with Crippen molar-refractivity contribution in [3.05, 3.63) is 68.0 Å². The summed E-state index contributed by atoms with van der Waals surface area (Å²) in [5.41, 5.74) is 0. The van der Waals surface area contributed by atoms with Crippen molar-refractivity contribution in [1.29, 1.82) is 0 Å². The summed E-state index contributed by atoms with van der Waals surface area (Å²) in [7, 11) is 0. The van der Waals surface area contributed by atoms with Crippen LogP contribution in [0.25, 0.3) is 72.7 Å². The molecule has 0 bridgehead atoms. The van der Waals surface area contributed by atoms with Crippen molar-refractivity contribution >= 4 is 118 Å². The quantitative estimate of drug-likeness (QED) is 0.179. The van der Waals surface area contributed by atoms with E-state index in [1.54, 1.807) is 0 Å². The van der Waals surface area contributed by atoms with Crippen LogP contribution in [0.15, 0.2) is 48.5 Å². The molecule has 4 aromatic heterocycles. The average molecular weight is 509 g/mol. The maximum Gasteiger partial charge on any atom is 0.0530 e. The van der Waals surface area contributed by atoms with Crippen LogP contribution in [-0.4, -0.2) is 0 Å². The third kappa shape index (κ3) is 2.52. The van der Waals surface area contributed by atoms with Gasteiger partial charge in [0, 0.05) is 41.1 Å². The van der Waals surface area contributed by atoms with Gasteiger partial charge >= 0.3 is 0 Å². The number of hydrogen-bond donors (Lipinski definition) is 0. The SMILES string of the molecule is Cc1cc2c3cc4cc5c(cc4cc3c3cc(C)sc3c2s1)c1cc(C)sc1c1sc(C)cc51. The van der Waals surface area contributed by atoms with E-state index in [2.05, 4.69) is 76.2 Å². The highest BCUT2D eigenvalue weighted by Gasteiger charge is 2.17. The molecular weight excluding hydrogens is 489 g/mol. The Bertz CT molecular complexity index is 1850. The molecule has 0 spiro atoms. The van der Waals surface area contributed by atoms with Gasteiger partial charge in [0.1, 0.15) is 0 Å². The van der Waals surface area contributed by atoms with Crippen LogP contribution < -0.4 is 0 Å². The largest absolute Gasteiger partial charge is 0.139 e. The van der Waals surface area contributed by atoms with E-state index in [4.69, 9.17) is 0 Å². The van der Waals surface area contributed by atoms with Crippen LogP contribution in [0, 0.1) is 27.7 Å². The van der Waals surface area contributed by atoms with Gasteiger partial charge in [-0.2, -0.15) is 0 Å². The molecule has 4 heteroatoms. The minimum absolute atomic E-state index is 1.34. The highest BCUT2D eigenvalue weighted by Crippen LogP contribution is 2.47. The Kier molecular flexibility index (Phi) is 3.83. The molecule has 0 aliphatic rings. The molecule has 0 unspecified atom stereocenters. The topological polar surface area (TPSA) is 0 Å². The summed E-state index contributed by atoms with van der Waals surface area (Å²) < 4.78 is 5.79. The lowest BCUT2D eigenvalue weighted by Crippen LogP contribution is -1.82. The number of benzene rings is 4. The van der Waals surface area contributed by atoms with Crippen molar-refractivity contribution in [3.63, 3.8) is 0 Å². The Balaban J connectivity index is 1.62. The summed E-state index contributed by atoms with van der Waals surface area (Å²) in [6.07, 6.45) is 0. The molecule has 8 aromatic rings. The zero-order valence-corrected chi connectivity index (χ0v) is 22.5. The highest BCUT2D eigenvalue weighted by atomic mass is 32.1. The molecule has 4 heterocycles. The molecule has 0 nitrogen and oxygen atoms in total. The molecule has 0 aliphatic carbocycles. The molecule has 0 fully saturated rings. The Morgan fingerprint density at radius 2 is 0.559 bits per heavy atom. The molecule has 0 aliphatic heterocycles. The van der Waals surface area contributed by atoms with E-state index in [-0.39, 0.29) is 0 Å². The summed E-state index contributed by atoms with van der Waals surface area (Å²) in [6.45, 7) is 8.95. The van der Waals surface area contributed by atoms with Gasteiger partial charge in [0.25, 0.3) is 0 Å². The second-order valence-corrected chi connectivity index (χ2v) is 14.6. The predicted molar refractivity (Wildman–Crippen MR) is 159 cm³/mol. The van der Waals surface area contributed by atoms with Crippen LogP contribution in [-0.2, 0) is 0 Å². The number of thiophene rings is 4. The van der Waals surface area contributed by atoms with E-state index >= 15 is 0 Å². The van der Waals surface area contributed by atoms with Crippen molar-refractivity contribution in [3.8, 4) is 0 Å². The Hall–Kier alpha value is -2.50. The summed E-state index contributed by atoms with van der Waals surface area (Å²) in [4.78, 5) is 5.55. The zero-order chi connectivity index (χ0) is 22.9. The van der Waals surface area contributed by atoms with E-state index in [0.29, 0.717) is 0 Å². The molecule has 0 N–H and O–H groups in total. The second kappa shape index (κ2) is 6.58. The fraction of sp³-hybridized carbons (Fsp3) is 0.133. The van der Waals surface area contributed by atoms with Gasteiger partial charge < -0.3 is 0 Å². The zero-order valence-electron chi connectivity index (χ0n) is 19.3. The maximum atomic E-state index is 2.46. The van der Waals surface area contributed by atoms with Crippen LogP contribution in [0.5, 0.6) is 0 Å². The smallest absolute Gasteiger partial charge is 0.0530 e. The fourth-order valence-electron chi connectivity index (χ4n) is 5.77.